The normalized spacial score (nSPS) is 12.3. The minimum absolute atomic E-state index is 0.00199. The average molecular weight is 339 g/mol. The Kier molecular flexibility index (Phi) is 7.22. The number of amides is 2. The van der Waals surface area contributed by atoms with Crippen LogP contribution in [0.2, 0.25) is 0 Å². The second-order valence-electron chi connectivity index (χ2n) is 6.18. The molecular formula is C16H25N3O3S. The summed E-state index contributed by atoms with van der Waals surface area (Å²) in [6.45, 7) is 7.83. The highest BCUT2D eigenvalue weighted by Crippen LogP contribution is 2.27. The number of nitrogens with two attached hydrogens (primary N) is 1. The van der Waals surface area contributed by atoms with Crippen LogP contribution in [0.4, 0.5) is 10.5 Å². The quantitative estimate of drug-likeness (QED) is 0.664. The van der Waals surface area contributed by atoms with Crippen molar-refractivity contribution in [1.29, 1.82) is 0 Å². The van der Waals surface area contributed by atoms with Gasteiger partial charge in [0.2, 0.25) is 5.91 Å². The van der Waals surface area contributed by atoms with Crippen molar-refractivity contribution in [3.8, 4) is 0 Å². The van der Waals surface area contributed by atoms with Gasteiger partial charge in [-0.2, -0.15) is 0 Å². The van der Waals surface area contributed by atoms with Gasteiger partial charge in [-0.3, -0.25) is 4.79 Å². The van der Waals surface area contributed by atoms with Gasteiger partial charge in [-0.25, -0.2) is 4.79 Å². The first kappa shape index (κ1) is 19.2. The van der Waals surface area contributed by atoms with Crippen molar-refractivity contribution in [3.63, 3.8) is 0 Å². The molecule has 7 heteroatoms. The van der Waals surface area contributed by atoms with Crippen molar-refractivity contribution >= 4 is 29.4 Å². The number of alkyl carbamates (subject to hydrolysis) is 1. The molecule has 0 aliphatic carbocycles. The lowest BCUT2D eigenvalue weighted by atomic mass is 10.2. The van der Waals surface area contributed by atoms with Gasteiger partial charge in [-0.1, -0.05) is 12.1 Å². The van der Waals surface area contributed by atoms with Crippen molar-refractivity contribution in [2.24, 2.45) is 5.73 Å². The molecule has 0 aliphatic heterocycles. The van der Waals surface area contributed by atoms with E-state index in [1.54, 1.807) is 0 Å². The van der Waals surface area contributed by atoms with E-state index in [2.05, 4.69) is 10.6 Å². The van der Waals surface area contributed by atoms with E-state index in [-0.39, 0.29) is 17.7 Å². The third kappa shape index (κ3) is 8.35. The molecule has 6 nitrogen and oxygen atoms in total. The molecule has 4 N–H and O–H groups in total. The Morgan fingerprint density at radius 1 is 1.30 bits per heavy atom. The number of ether oxygens (including phenoxy) is 1. The van der Waals surface area contributed by atoms with Crippen molar-refractivity contribution in [2.75, 3.05) is 17.6 Å². The summed E-state index contributed by atoms with van der Waals surface area (Å²) in [4.78, 5) is 23.5. The molecule has 1 rings (SSSR count). The van der Waals surface area contributed by atoms with Gasteiger partial charge in [0.05, 0.1) is 5.75 Å². The summed E-state index contributed by atoms with van der Waals surface area (Å²) >= 11 is 1.38. The zero-order chi connectivity index (χ0) is 17.5. The van der Waals surface area contributed by atoms with Gasteiger partial charge in [-0.05, 0) is 39.8 Å². The molecule has 0 aromatic heterocycles. The summed E-state index contributed by atoms with van der Waals surface area (Å²) in [5.41, 5.74) is 5.57. The molecule has 1 atom stereocenters. The number of rotatable bonds is 7. The standard InChI is InChI=1S/C16H25N3O3S/c1-11(9-18-15(21)22-16(2,3)4)19-12-7-5-6-8-13(12)23-10-14(17)20/h5-8,11,19H,9-10H2,1-4H3,(H2,17,20)(H,18,21). The fraction of sp³-hybridized carbons (Fsp3) is 0.500. The lowest BCUT2D eigenvalue weighted by Crippen LogP contribution is -2.38. The fourth-order valence-electron chi connectivity index (χ4n) is 1.73. The molecule has 0 bridgehead atoms. The maximum atomic E-state index is 11.6. The fourth-order valence-corrected chi connectivity index (χ4v) is 2.48. The largest absolute Gasteiger partial charge is 0.444 e. The van der Waals surface area contributed by atoms with E-state index < -0.39 is 11.7 Å². The number of para-hydroxylation sites is 1. The topological polar surface area (TPSA) is 93.4 Å². The number of anilines is 1. The first-order valence-electron chi connectivity index (χ1n) is 7.41. The Balaban J connectivity index is 2.52. The van der Waals surface area contributed by atoms with Crippen LogP contribution in [0.25, 0.3) is 0 Å². The number of carbonyl (C=O) groups is 2. The third-order valence-corrected chi connectivity index (χ3v) is 3.71. The minimum Gasteiger partial charge on any atom is -0.444 e. The summed E-state index contributed by atoms with van der Waals surface area (Å²) in [6, 6.07) is 7.65. The smallest absolute Gasteiger partial charge is 0.407 e. The maximum Gasteiger partial charge on any atom is 0.407 e. The molecule has 1 aromatic rings. The van der Waals surface area contributed by atoms with E-state index in [1.807, 2.05) is 52.0 Å². The summed E-state index contributed by atoms with van der Waals surface area (Å²) < 4.78 is 5.19. The first-order chi connectivity index (χ1) is 10.7. The second kappa shape index (κ2) is 8.67. The average Bonchev–Trinajstić information content (AvgIpc) is 2.42. The number of thioether (sulfide) groups is 1. The number of hydrogen-bond acceptors (Lipinski definition) is 5. The van der Waals surface area contributed by atoms with Gasteiger partial charge in [0, 0.05) is 23.2 Å². The molecule has 0 saturated heterocycles. The van der Waals surface area contributed by atoms with Crippen molar-refractivity contribution in [3.05, 3.63) is 24.3 Å². The summed E-state index contributed by atoms with van der Waals surface area (Å²) in [7, 11) is 0. The molecule has 0 spiro atoms. The maximum absolute atomic E-state index is 11.6. The van der Waals surface area contributed by atoms with Gasteiger partial charge in [0.1, 0.15) is 5.60 Å². The molecule has 0 saturated carbocycles. The zero-order valence-electron chi connectivity index (χ0n) is 14.0. The molecule has 0 fully saturated rings. The Hall–Kier alpha value is -1.89. The molecule has 2 amide bonds. The van der Waals surface area contributed by atoms with Crippen molar-refractivity contribution < 1.29 is 14.3 Å². The van der Waals surface area contributed by atoms with Crippen LogP contribution in [0, 0.1) is 0 Å². The number of hydrogen-bond donors (Lipinski definition) is 3. The number of nitrogens with one attached hydrogen (secondary N) is 2. The van der Waals surface area contributed by atoms with Crippen molar-refractivity contribution in [1.82, 2.24) is 5.32 Å². The van der Waals surface area contributed by atoms with Gasteiger partial charge in [0.25, 0.3) is 0 Å². The number of benzene rings is 1. The van der Waals surface area contributed by atoms with E-state index in [9.17, 15) is 9.59 Å². The van der Waals surface area contributed by atoms with Crippen LogP contribution in [0.1, 0.15) is 27.7 Å². The Morgan fingerprint density at radius 3 is 2.57 bits per heavy atom. The van der Waals surface area contributed by atoms with E-state index in [0.29, 0.717) is 6.54 Å². The van der Waals surface area contributed by atoms with E-state index in [1.165, 1.54) is 11.8 Å². The highest BCUT2D eigenvalue weighted by atomic mass is 32.2. The third-order valence-electron chi connectivity index (χ3n) is 2.61. The molecular weight excluding hydrogens is 314 g/mol. The van der Waals surface area contributed by atoms with Crippen LogP contribution in [0.15, 0.2) is 29.2 Å². The van der Waals surface area contributed by atoms with Crippen LogP contribution in [0.5, 0.6) is 0 Å². The zero-order valence-corrected chi connectivity index (χ0v) is 14.8. The lowest BCUT2D eigenvalue weighted by Gasteiger charge is -2.22. The lowest BCUT2D eigenvalue weighted by molar-refractivity contribution is -0.115. The molecule has 128 valence electrons. The first-order valence-corrected chi connectivity index (χ1v) is 8.39. The Morgan fingerprint density at radius 2 is 1.96 bits per heavy atom. The monoisotopic (exact) mass is 339 g/mol. The predicted octanol–water partition coefficient (Wildman–Crippen LogP) is 2.59. The van der Waals surface area contributed by atoms with Crippen LogP contribution < -0.4 is 16.4 Å². The van der Waals surface area contributed by atoms with E-state index >= 15 is 0 Å². The van der Waals surface area contributed by atoms with Gasteiger partial charge >= 0.3 is 6.09 Å². The highest BCUT2D eigenvalue weighted by Gasteiger charge is 2.16. The highest BCUT2D eigenvalue weighted by molar-refractivity contribution is 8.00. The molecule has 23 heavy (non-hydrogen) atoms. The molecule has 0 heterocycles. The predicted molar refractivity (Wildman–Crippen MR) is 93.7 cm³/mol. The van der Waals surface area contributed by atoms with Crippen LogP contribution in [-0.4, -0.2) is 35.9 Å². The van der Waals surface area contributed by atoms with E-state index in [4.69, 9.17) is 10.5 Å². The van der Waals surface area contributed by atoms with Gasteiger partial charge in [-0.15, -0.1) is 11.8 Å². The van der Waals surface area contributed by atoms with E-state index in [0.717, 1.165) is 10.6 Å². The van der Waals surface area contributed by atoms with Gasteiger partial charge < -0.3 is 21.1 Å². The molecule has 1 unspecified atom stereocenters. The summed E-state index contributed by atoms with van der Waals surface area (Å²) in [5, 5.41) is 6.03. The molecule has 0 radical (unpaired) electrons. The second-order valence-corrected chi connectivity index (χ2v) is 7.20. The van der Waals surface area contributed by atoms with Crippen LogP contribution >= 0.6 is 11.8 Å². The van der Waals surface area contributed by atoms with Crippen LogP contribution in [-0.2, 0) is 9.53 Å². The minimum atomic E-state index is -0.515. The Bertz CT molecular complexity index is 544. The molecule has 1 aromatic carbocycles. The summed E-state index contributed by atoms with van der Waals surface area (Å²) in [5.74, 6) is -0.132. The van der Waals surface area contributed by atoms with Crippen LogP contribution in [0.3, 0.4) is 0 Å². The SMILES string of the molecule is CC(CNC(=O)OC(C)(C)C)Nc1ccccc1SCC(N)=O. The van der Waals surface area contributed by atoms with Gasteiger partial charge in [0.15, 0.2) is 0 Å². The van der Waals surface area contributed by atoms with Crippen molar-refractivity contribution in [2.45, 2.75) is 44.2 Å². The number of primary amides is 1. The molecule has 0 aliphatic rings. The summed E-state index contributed by atoms with van der Waals surface area (Å²) in [6.07, 6.45) is -0.442. The Labute approximate surface area is 141 Å². The number of carbonyl (C=O) groups excluding carboxylic acids is 2.